The molecule has 0 heterocycles. The van der Waals surface area contributed by atoms with Gasteiger partial charge < -0.3 is 4.74 Å². The van der Waals surface area contributed by atoms with Gasteiger partial charge in [-0.2, -0.15) is 0 Å². The number of hydrogen-bond donors (Lipinski definition) is 1. The Bertz CT molecular complexity index is 610. The molecule has 0 fully saturated rings. The van der Waals surface area contributed by atoms with Crippen molar-refractivity contribution in [1.82, 2.24) is 5.32 Å². The third-order valence-corrected chi connectivity index (χ3v) is 3.65. The van der Waals surface area contributed by atoms with Gasteiger partial charge in [0.05, 0.1) is 19.7 Å². The fourth-order valence-electron chi connectivity index (χ4n) is 2.13. The van der Waals surface area contributed by atoms with E-state index in [1.54, 1.807) is 0 Å². The second kappa shape index (κ2) is 7.25. The highest BCUT2D eigenvalue weighted by molar-refractivity contribution is 6.31. The van der Waals surface area contributed by atoms with Gasteiger partial charge in [0.25, 0.3) is 0 Å². The monoisotopic (exact) mass is 303 g/mol. The molecule has 110 valence electrons. The van der Waals surface area contributed by atoms with E-state index in [-0.39, 0.29) is 18.6 Å². The van der Waals surface area contributed by atoms with Crippen molar-refractivity contribution in [2.24, 2.45) is 0 Å². The quantitative estimate of drug-likeness (QED) is 0.859. The number of methoxy groups -OCH3 is 1. The molecule has 0 bridgehead atoms. The molecule has 1 N–H and O–H groups in total. The largest absolute Gasteiger partial charge is 0.468 e. The summed E-state index contributed by atoms with van der Waals surface area (Å²) < 4.78 is 4.69. The van der Waals surface area contributed by atoms with Crippen molar-refractivity contribution < 1.29 is 9.53 Å². The minimum atomic E-state index is -0.306. The number of ether oxygens (including phenoxy) is 1. The minimum Gasteiger partial charge on any atom is -0.468 e. The normalized spacial score (nSPS) is 12.0. The number of hydrogen-bond acceptors (Lipinski definition) is 3. The number of carbonyl (C=O) groups is 1. The summed E-state index contributed by atoms with van der Waals surface area (Å²) in [5.41, 5.74) is 3.18. The molecule has 1 atom stereocenters. The molecule has 4 heteroatoms. The minimum absolute atomic E-state index is 0.125. The van der Waals surface area contributed by atoms with Gasteiger partial charge in [0.1, 0.15) is 0 Å². The lowest BCUT2D eigenvalue weighted by atomic mass is 9.97. The zero-order chi connectivity index (χ0) is 15.2. The van der Waals surface area contributed by atoms with Crippen LogP contribution in [-0.2, 0) is 9.53 Å². The van der Waals surface area contributed by atoms with Crippen LogP contribution in [0.4, 0.5) is 0 Å². The van der Waals surface area contributed by atoms with Crippen molar-refractivity contribution in [2.75, 3.05) is 13.7 Å². The lowest BCUT2D eigenvalue weighted by Gasteiger charge is -2.20. The van der Waals surface area contributed by atoms with E-state index in [4.69, 9.17) is 11.6 Å². The molecular weight excluding hydrogens is 286 g/mol. The highest BCUT2D eigenvalue weighted by atomic mass is 35.5. The molecule has 0 saturated heterocycles. The predicted octanol–water partition coefficient (Wildman–Crippen LogP) is 3.50. The molecule has 21 heavy (non-hydrogen) atoms. The Morgan fingerprint density at radius 1 is 1.19 bits per heavy atom. The van der Waals surface area contributed by atoms with Gasteiger partial charge in [0, 0.05) is 5.02 Å². The second-order valence-electron chi connectivity index (χ2n) is 4.82. The Morgan fingerprint density at radius 3 is 2.48 bits per heavy atom. The van der Waals surface area contributed by atoms with Crippen LogP contribution in [0.25, 0.3) is 0 Å². The molecule has 0 aromatic heterocycles. The van der Waals surface area contributed by atoms with Crippen molar-refractivity contribution >= 4 is 17.6 Å². The first-order chi connectivity index (χ1) is 10.1. The molecular formula is C17H18ClNO2. The molecule has 0 aliphatic rings. The van der Waals surface area contributed by atoms with Crippen LogP contribution in [0, 0.1) is 6.92 Å². The molecule has 0 saturated carbocycles. The molecule has 0 amide bonds. The highest BCUT2D eigenvalue weighted by Crippen LogP contribution is 2.28. The van der Waals surface area contributed by atoms with E-state index < -0.39 is 0 Å². The van der Waals surface area contributed by atoms with Crippen LogP contribution in [0.5, 0.6) is 0 Å². The summed E-state index contributed by atoms with van der Waals surface area (Å²) in [6, 6.07) is 15.6. The molecule has 1 unspecified atom stereocenters. The van der Waals surface area contributed by atoms with Gasteiger partial charge in [0.15, 0.2) is 0 Å². The van der Waals surface area contributed by atoms with Crippen LogP contribution in [0.15, 0.2) is 48.5 Å². The zero-order valence-electron chi connectivity index (χ0n) is 12.1. The van der Waals surface area contributed by atoms with Crippen LogP contribution in [-0.4, -0.2) is 19.6 Å². The molecule has 0 spiro atoms. The first kappa shape index (κ1) is 15.5. The Kier molecular flexibility index (Phi) is 5.37. The fraction of sp³-hybridized carbons (Fsp3) is 0.235. The maximum Gasteiger partial charge on any atom is 0.319 e. The van der Waals surface area contributed by atoms with Gasteiger partial charge in [-0.15, -0.1) is 0 Å². The van der Waals surface area contributed by atoms with E-state index in [9.17, 15) is 4.79 Å². The van der Waals surface area contributed by atoms with Crippen LogP contribution >= 0.6 is 11.6 Å². The molecule has 0 radical (unpaired) electrons. The summed E-state index contributed by atoms with van der Waals surface area (Å²) in [6.07, 6.45) is 0. The number of rotatable bonds is 5. The highest BCUT2D eigenvalue weighted by Gasteiger charge is 2.17. The zero-order valence-corrected chi connectivity index (χ0v) is 12.9. The van der Waals surface area contributed by atoms with Gasteiger partial charge in [-0.3, -0.25) is 10.1 Å². The van der Waals surface area contributed by atoms with Crippen LogP contribution in [0.1, 0.15) is 22.7 Å². The summed E-state index contributed by atoms with van der Waals surface area (Å²) in [5.74, 6) is -0.306. The van der Waals surface area contributed by atoms with Crippen LogP contribution in [0.2, 0.25) is 5.02 Å². The first-order valence-corrected chi connectivity index (χ1v) is 7.11. The van der Waals surface area contributed by atoms with Gasteiger partial charge in [-0.05, 0) is 24.1 Å². The summed E-state index contributed by atoms with van der Waals surface area (Å²) in [6.45, 7) is 2.16. The maximum absolute atomic E-state index is 11.4. The number of carbonyl (C=O) groups excluding carboxylic acids is 1. The lowest BCUT2D eigenvalue weighted by Crippen LogP contribution is -2.29. The summed E-state index contributed by atoms with van der Waals surface area (Å²) in [5, 5.41) is 3.87. The third kappa shape index (κ3) is 4.06. The van der Waals surface area contributed by atoms with E-state index >= 15 is 0 Å². The summed E-state index contributed by atoms with van der Waals surface area (Å²) in [7, 11) is 1.38. The second-order valence-corrected chi connectivity index (χ2v) is 5.23. The molecule has 0 aliphatic carbocycles. The van der Waals surface area contributed by atoms with Crippen molar-refractivity contribution in [3.63, 3.8) is 0 Å². The van der Waals surface area contributed by atoms with E-state index in [1.807, 2.05) is 55.5 Å². The standard InChI is InChI=1S/C17H18ClNO2/c1-12-7-9-13(10-8-12)17(19-11-16(20)21-2)14-5-3-4-6-15(14)18/h3-10,17,19H,11H2,1-2H3. The Hall–Kier alpha value is -1.84. The summed E-state index contributed by atoms with van der Waals surface area (Å²) in [4.78, 5) is 11.4. The third-order valence-electron chi connectivity index (χ3n) is 3.31. The topological polar surface area (TPSA) is 38.3 Å². The van der Waals surface area contributed by atoms with Crippen LogP contribution < -0.4 is 5.32 Å². The molecule has 2 aromatic rings. The Morgan fingerprint density at radius 2 is 1.86 bits per heavy atom. The SMILES string of the molecule is COC(=O)CNC(c1ccc(C)cc1)c1ccccc1Cl. The lowest BCUT2D eigenvalue weighted by molar-refractivity contribution is -0.139. The van der Waals surface area contributed by atoms with Crippen molar-refractivity contribution in [3.05, 3.63) is 70.2 Å². The number of benzene rings is 2. The summed E-state index contributed by atoms with van der Waals surface area (Å²) >= 11 is 6.29. The van der Waals surface area contributed by atoms with E-state index in [1.165, 1.54) is 12.7 Å². The average molecular weight is 304 g/mol. The van der Waals surface area contributed by atoms with Crippen LogP contribution in [0.3, 0.4) is 0 Å². The molecule has 2 aromatic carbocycles. The van der Waals surface area contributed by atoms with Gasteiger partial charge in [-0.25, -0.2) is 0 Å². The van der Waals surface area contributed by atoms with Crippen molar-refractivity contribution in [1.29, 1.82) is 0 Å². The smallest absolute Gasteiger partial charge is 0.319 e. The van der Waals surface area contributed by atoms with Gasteiger partial charge >= 0.3 is 5.97 Å². The average Bonchev–Trinajstić information content (AvgIpc) is 2.50. The molecule has 3 nitrogen and oxygen atoms in total. The van der Waals surface area contributed by atoms with Gasteiger partial charge in [-0.1, -0.05) is 59.6 Å². The van der Waals surface area contributed by atoms with E-state index in [2.05, 4.69) is 10.1 Å². The van der Waals surface area contributed by atoms with E-state index in [0.717, 1.165) is 11.1 Å². The number of nitrogens with one attached hydrogen (secondary N) is 1. The molecule has 0 aliphatic heterocycles. The van der Waals surface area contributed by atoms with E-state index in [0.29, 0.717) is 5.02 Å². The number of aryl methyl sites for hydroxylation is 1. The predicted molar refractivity (Wildman–Crippen MR) is 84.5 cm³/mol. The fourth-order valence-corrected chi connectivity index (χ4v) is 2.38. The Balaban J connectivity index is 2.32. The maximum atomic E-state index is 11.4. The van der Waals surface area contributed by atoms with Crippen molar-refractivity contribution in [3.8, 4) is 0 Å². The first-order valence-electron chi connectivity index (χ1n) is 6.73. The number of esters is 1. The molecule has 2 rings (SSSR count). The van der Waals surface area contributed by atoms with Gasteiger partial charge in [0.2, 0.25) is 0 Å². The number of halogens is 1. The Labute approximate surface area is 129 Å². The van der Waals surface area contributed by atoms with Crippen molar-refractivity contribution in [2.45, 2.75) is 13.0 Å².